The lowest BCUT2D eigenvalue weighted by atomic mass is 10.2. The van der Waals surface area contributed by atoms with Gasteiger partial charge in [0.2, 0.25) is 5.82 Å². The third-order valence-corrected chi connectivity index (χ3v) is 3.00. The molecule has 1 aromatic carbocycles. The number of anilines is 1. The van der Waals surface area contributed by atoms with E-state index >= 15 is 0 Å². The van der Waals surface area contributed by atoms with Gasteiger partial charge in [-0.15, -0.1) is 0 Å². The van der Waals surface area contributed by atoms with Gasteiger partial charge in [-0.1, -0.05) is 6.92 Å². The van der Waals surface area contributed by atoms with E-state index in [9.17, 15) is 14.9 Å². The molecule has 1 aromatic heterocycles. The molecule has 0 bridgehead atoms. The molecular formula is C15H16N4O5. The average molecular weight is 332 g/mol. The molecular weight excluding hydrogens is 316 g/mol. The number of esters is 1. The highest BCUT2D eigenvalue weighted by atomic mass is 16.6. The van der Waals surface area contributed by atoms with Crippen LogP contribution in [0.15, 0.2) is 30.6 Å². The normalized spacial score (nSPS) is 10.1. The van der Waals surface area contributed by atoms with Gasteiger partial charge in [0.25, 0.3) is 0 Å². The molecule has 0 radical (unpaired) electrons. The summed E-state index contributed by atoms with van der Waals surface area (Å²) in [7, 11) is 1.28. The number of carbonyl (C=O) groups is 1. The smallest absolute Gasteiger partial charge is 0.373 e. The van der Waals surface area contributed by atoms with Crippen molar-refractivity contribution < 1.29 is 19.2 Å². The Balaban J connectivity index is 2.28. The maximum atomic E-state index is 11.4. The van der Waals surface area contributed by atoms with Crippen molar-refractivity contribution in [2.45, 2.75) is 13.3 Å². The number of nitrogens with one attached hydrogen (secondary N) is 1. The lowest BCUT2D eigenvalue weighted by molar-refractivity contribution is -0.385. The Morgan fingerprint density at radius 1 is 1.29 bits per heavy atom. The summed E-state index contributed by atoms with van der Waals surface area (Å²) in [5.41, 5.74) is -0.00432. The monoisotopic (exact) mass is 332 g/mol. The second-order valence-electron chi connectivity index (χ2n) is 4.68. The van der Waals surface area contributed by atoms with Crippen molar-refractivity contribution in [3.63, 3.8) is 0 Å². The van der Waals surface area contributed by atoms with Gasteiger partial charge in [0.05, 0.1) is 17.6 Å². The fourth-order valence-electron chi connectivity index (χ4n) is 1.86. The number of nitrogens with zero attached hydrogens (tertiary/aromatic N) is 3. The highest BCUT2D eigenvalue weighted by Crippen LogP contribution is 2.33. The standard InChI is InChI=1S/C15H16N4O5/c1-3-8-16-13-12(19(21)22)14(18-9-17-13)24-11-6-4-10(5-7-11)15(20)23-2/h4-7,9H,3,8H2,1-2H3,(H,16,17,18). The van der Waals surface area contributed by atoms with Crippen LogP contribution in [0.2, 0.25) is 0 Å². The number of rotatable bonds is 7. The number of aromatic nitrogens is 2. The van der Waals surface area contributed by atoms with E-state index in [4.69, 9.17) is 4.74 Å². The summed E-state index contributed by atoms with van der Waals surface area (Å²) in [6, 6.07) is 5.98. The maximum absolute atomic E-state index is 11.4. The summed E-state index contributed by atoms with van der Waals surface area (Å²) in [6.45, 7) is 2.46. The third-order valence-electron chi connectivity index (χ3n) is 3.00. The summed E-state index contributed by atoms with van der Waals surface area (Å²) >= 11 is 0. The number of benzene rings is 1. The minimum absolute atomic E-state index is 0.0954. The van der Waals surface area contributed by atoms with E-state index in [-0.39, 0.29) is 17.4 Å². The molecule has 24 heavy (non-hydrogen) atoms. The van der Waals surface area contributed by atoms with Crippen LogP contribution in [-0.2, 0) is 4.74 Å². The van der Waals surface area contributed by atoms with E-state index in [1.165, 1.54) is 37.7 Å². The van der Waals surface area contributed by atoms with Crippen molar-refractivity contribution in [2.75, 3.05) is 19.0 Å². The molecule has 9 nitrogen and oxygen atoms in total. The van der Waals surface area contributed by atoms with Gasteiger partial charge < -0.3 is 14.8 Å². The molecule has 2 aromatic rings. The first-order valence-corrected chi connectivity index (χ1v) is 7.16. The van der Waals surface area contributed by atoms with E-state index < -0.39 is 10.9 Å². The highest BCUT2D eigenvalue weighted by Gasteiger charge is 2.24. The Kier molecular flexibility index (Phi) is 5.61. The van der Waals surface area contributed by atoms with Gasteiger partial charge in [0, 0.05) is 6.54 Å². The van der Waals surface area contributed by atoms with Gasteiger partial charge >= 0.3 is 17.5 Å². The fourth-order valence-corrected chi connectivity index (χ4v) is 1.86. The molecule has 1 heterocycles. The molecule has 0 amide bonds. The number of hydrogen-bond acceptors (Lipinski definition) is 8. The topological polar surface area (TPSA) is 116 Å². The number of ether oxygens (including phenoxy) is 2. The molecule has 0 aliphatic heterocycles. The van der Waals surface area contributed by atoms with Crippen molar-refractivity contribution in [1.82, 2.24) is 9.97 Å². The van der Waals surface area contributed by atoms with Crippen LogP contribution in [-0.4, -0.2) is 34.5 Å². The molecule has 0 aliphatic rings. The summed E-state index contributed by atoms with van der Waals surface area (Å²) in [5, 5.41) is 14.2. The van der Waals surface area contributed by atoms with E-state index in [2.05, 4.69) is 20.0 Å². The lowest BCUT2D eigenvalue weighted by Crippen LogP contribution is -2.07. The van der Waals surface area contributed by atoms with Gasteiger partial charge in [-0.3, -0.25) is 10.1 Å². The quantitative estimate of drug-likeness (QED) is 0.467. The molecule has 0 fully saturated rings. The highest BCUT2D eigenvalue weighted by molar-refractivity contribution is 5.89. The van der Waals surface area contributed by atoms with Gasteiger partial charge in [-0.2, -0.15) is 4.98 Å². The average Bonchev–Trinajstić information content (AvgIpc) is 2.59. The van der Waals surface area contributed by atoms with Crippen molar-refractivity contribution in [3.8, 4) is 11.6 Å². The Morgan fingerprint density at radius 3 is 2.58 bits per heavy atom. The minimum atomic E-state index is -0.601. The summed E-state index contributed by atoms with van der Waals surface area (Å²) in [6.07, 6.45) is 1.97. The Bertz CT molecular complexity index is 733. The van der Waals surface area contributed by atoms with E-state index in [1.54, 1.807) is 0 Å². The van der Waals surface area contributed by atoms with Crippen molar-refractivity contribution in [1.29, 1.82) is 0 Å². The SMILES string of the molecule is CCCNc1ncnc(Oc2ccc(C(=O)OC)cc2)c1[N+](=O)[O-]. The molecule has 0 saturated carbocycles. The fraction of sp³-hybridized carbons (Fsp3) is 0.267. The van der Waals surface area contributed by atoms with Gasteiger partial charge in [-0.05, 0) is 30.7 Å². The number of methoxy groups -OCH3 is 1. The van der Waals surface area contributed by atoms with Crippen LogP contribution in [0.4, 0.5) is 11.5 Å². The van der Waals surface area contributed by atoms with Gasteiger partial charge in [-0.25, -0.2) is 9.78 Å². The largest absolute Gasteiger partial charge is 0.465 e. The number of nitro groups is 1. The van der Waals surface area contributed by atoms with Crippen LogP contribution in [0.1, 0.15) is 23.7 Å². The van der Waals surface area contributed by atoms with Crippen LogP contribution < -0.4 is 10.1 Å². The lowest BCUT2D eigenvalue weighted by Gasteiger charge is -2.09. The second-order valence-corrected chi connectivity index (χ2v) is 4.68. The molecule has 9 heteroatoms. The molecule has 0 atom stereocenters. The van der Waals surface area contributed by atoms with Crippen LogP contribution in [0.5, 0.6) is 11.6 Å². The molecule has 1 N–H and O–H groups in total. The minimum Gasteiger partial charge on any atom is -0.465 e. The van der Waals surface area contributed by atoms with E-state index in [0.29, 0.717) is 17.9 Å². The third kappa shape index (κ3) is 3.94. The van der Waals surface area contributed by atoms with E-state index in [0.717, 1.165) is 6.42 Å². The molecule has 0 unspecified atom stereocenters. The summed E-state index contributed by atoms with van der Waals surface area (Å²) < 4.78 is 10.1. The molecule has 0 saturated heterocycles. The van der Waals surface area contributed by atoms with Crippen LogP contribution in [0, 0.1) is 10.1 Å². The number of hydrogen-bond donors (Lipinski definition) is 1. The zero-order valence-corrected chi connectivity index (χ0v) is 13.2. The van der Waals surface area contributed by atoms with Gasteiger partial charge in [0.1, 0.15) is 12.1 Å². The molecule has 126 valence electrons. The van der Waals surface area contributed by atoms with Crippen molar-refractivity contribution >= 4 is 17.5 Å². The van der Waals surface area contributed by atoms with Crippen molar-refractivity contribution in [3.05, 3.63) is 46.3 Å². The van der Waals surface area contributed by atoms with Gasteiger partial charge in [0.15, 0.2) is 0 Å². The summed E-state index contributed by atoms with van der Waals surface area (Å²) in [4.78, 5) is 29.8. The zero-order chi connectivity index (χ0) is 17.5. The second kappa shape index (κ2) is 7.86. The molecule has 0 aliphatic carbocycles. The first-order valence-electron chi connectivity index (χ1n) is 7.16. The number of carbonyl (C=O) groups excluding carboxylic acids is 1. The first-order chi connectivity index (χ1) is 11.6. The Labute approximate surface area is 137 Å². The molecule has 0 spiro atoms. The zero-order valence-electron chi connectivity index (χ0n) is 13.2. The van der Waals surface area contributed by atoms with Crippen LogP contribution in [0.25, 0.3) is 0 Å². The van der Waals surface area contributed by atoms with E-state index in [1.807, 2.05) is 6.92 Å². The molecule has 2 rings (SSSR count). The Hall–Kier alpha value is -3.23. The van der Waals surface area contributed by atoms with Crippen LogP contribution >= 0.6 is 0 Å². The maximum Gasteiger partial charge on any atom is 0.373 e. The predicted octanol–water partition coefficient (Wildman–Crippen LogP) is 2.79. The Morgan fingerprint density at radius 2 is 2.00 bits per heavy atom. The van der Waals surface area contributed by atoms with Crippen LogP contribution in [0.3, 0.4) is 0 Å². The van der Waals surface area contributed by atoms with Crippen molar-refractivity contribution in [2.24, 2.45) is 0 Å². The summed E-state index contributed by atoms with van der Waals surface area (Å²) in [5.74, 6) is -0.274. The first kappa shape index (κ1) is 17.1. The predicted molar refractivity (Wildman–Crippen MR) is 85.3 cm³/mol.